The quantitative estimate of drug-likeness (QED) is 0.568. The maximum absolute atomic E-state index is 11.8. The molecule has 0 aliphatic carbocycles. The van der Waals surface area contributed by atoms with Gasteiger partial charge in [0.1, 0.15) is 0 Å². The number of Topliss-reactive ketones (excluding diaryl/α,β-unsaturated/α-hetero) is 1. The first-order valence-corrected chi connectivity index (χ1v) is 7.09. The van der Waals surface area contributed by atoms with E-state index < -0.39 is 0 Å². The third kappa shape index (κ3) is 3.28. The van der Waals surface area contributed by atoms with Gasteiger partial charge in [-0.25, -0.2) is 3.11 Å². The molecule has 0 amide bonds. The highest BCUT2D eigenvalue weighted by Crippen LogP contribution is 2.22. The molecule has 0 aromatic heterocycles. The summed E-state index contributed by atoms with van der Waals surface area (Å²) in [6.07, 6.45) is 1.86. The Balaban J connectivity index is 2.02. The maximum atomic E-state index is 11.8. The van der Waals surface area contributed by atoms with Gasteiger partial charge in [0.25, 0.3) is 0 Å². The van der Waals surface area contributed by atoms with Crippen molar-refractivity contribution in [3.05, 3.63) is 34.3 Å². The number of piperidine rings is 1. The number of hydrogen-bond donors (Lipinski definition) is 0. The summed E-state index contributed by atoms with van der Waals surface area (Å²) in [7, 11) is 0. The lowest BCUT2D eigenvalue weighted by atomic mass is 9.90. The fourth-order valence-corrected chi connectivity index (χ4v) is 3.06. The van der Waals surface area contributed by atoms with E-state index in [1.807, 2.05) is 12.1 Å². The molecule has 1 aliphatic rings. The highest BCUT2D eigenvalue weighted by atomic mass is 127. The molecule has 1 fully saturated rings. The molecule has 0 bridgehead atoms. The minimum absolute atomic E-state index is 0.209. The monoisotopic (exact) mass is 393 g/mol. The molecule has 86 valence electrons. The topological polar surface area (TPSA) is 20.3 Å². The van der Waals surface area contributed by atoms with Gasteiger partial charge < -0.3 is 0 Å². The largest absolute Gasteiger partial charge is 0.298 e. The van der Waals surface area contributed by atoms with Crippen LogP contribution in [0, 0.1) is 5.92 Å². The zero-order valence-electron chi connectivity index (χ0n) is 8.83. The molecule has 0 saturated carbocycles. The van der Waals surface area contributed by atoms with Crippen LogP contribution in [0.5, 0.6) is 0 Å². The Morgan fingerprint density at radius 2 is 2.31 bits per heavy atom. The Kier molecular flexibility index (Phi) is 4.38. The van der Waals surface area contributed by atoms with Gasteiger partial charge in [0.15, 0.2) is 5.78 Å². The van der Waals surface area contributed by atoms with Crippen molar-refractivity contribution < 1.29 is 4.79 Å². The van der Waals surface area contributed by atoms with Gasteiger partial charge in [0.05, 0.1) is 6.54 Å². The third-order valence-corrected chi connectivity index (χ3v) is 4.19. The standard InChI is InChI=1S/C12H13BrINO/c13-11-3-1-2-9(7-11)6-10-4-5-15(14)8-12(10)16/h1-3,7,10H,4-6,8H2. The smallest absolute Gasteiger partial charge is 0.151 e. The second-order valence-corrected chi connectivity index (χ2v) is 6.41. The van der Waals surface area contributed by atoms with Gasteiger partial charge in [0.2, 0.25) is 0 Å². The number of ketones is 1. The normalized spacial score (nSPS) is 22.4. The van der Waals surface area contributed by atoms with E-state index in [0.717, 1.165) is 23.9 Å². The van der Waals surface area contributed by atoms with Crippen LogP contribution in [0.1, 0.15) is 12.0 Å². The Bertz CT molecular complexity index is 396. The lowest BCUT2D eigenvalue weighted by molar-refractivity contribution is -0.124. The second-order valence-electron chi connectivity index (χ2n) is 4.13. The van der Waals surface area contributed by atoms with E-state index in [1.165, 1.54) is 5.56 Å². The van der Waals surface area contributed by atoms with E-state index in [1.54, 1.807) is 0 Å². The molecule has 1 saturated heterocycles. The van der Waals surface area contributed by atoms with Gasteiger partial charge in [-0.2, -0.15) is 0 Å². The summed E-state index contributed by atoms with van der Waals surface area (Å²) in [5.74, 6) is 0.584. The molecule has 2 nitrogen and oxygen atoms in total. The average molecular weight is 394 g/mol. The van der Waals surface area contributed by atoms with E-state index in [-0.39, 0.29) is 5.92 Å². The fraction of sp³-hybridized carbons (Fsp3) is 0.417. The summed E-state index contributed by atoms with van der Waals surface area (Å²) in [6.45, 7) is 1.62. The van der Waals surface area contributed by atoms with Crippen LogP contribution in [-0.4, -0.2) is 22.0 Å². The predicted octanol–water partition coefficient (Wildman–Crippen LogP) is 3.23. The molecule has 4 heteroatoms. The van der Waals surface area contributed by atoms with Crippen LogP contribution in [0.4, 0.5) is 0 Å². The fourth-order valence-electron chi connectivity index (χ4n) is 2.00. The number of halogens is 2. The number of rotatable bonds is 2. The molecule has 1 aromatic rings. The van der Waals surface area contributed by atoms with Crippen molar-refractivity contribution in [1.82, 2.24) is 3.11 Å². The molecule has 0 radical (unpaired) electrons. The first kappa shape index (κ1) is 12.5. The van der Waals surface area contributed by atoms with Crippen molar-refractivity contribution in [2.24, 2.45) is 5.92 Å². The molecular formula is C12H13BrINO. The molecule has 1 atom stereocenters. The number of hydrogen-bond acceptors (Lipinski definition) is 2. The van der Waals surface area contributed by atoms with Crippen molar-refractivity contribution in [3.8, 4) is 0 Å². The Labute approximate surface area is 118 Å². The molecule has 1 unspecified atom stereocenters. The Morgan fingerprint density at radius 3 is 3.00 bits per heavy atom. The summed E-state index contributed by atoms with van der Waals surface area (Å²) >= 11 is 5.68. The molecular weight excluding hydrogens is 381 g/mol. The van der Waals surface area contributed by atoms with Gasteiger partial charge in [0, 0.05) is 39.8 Å². The summed E-state index contributed by atoms with van der Waals surface area (Å²) in [6, 6.07) is 8.23. The van der Waals surface area contributed by atoms with Crippen molar-refractivity contribution >= 4 is 44.6 Å². The van der Waals surface area contributed by atoms with Crippen LogP contribution < -0.4 is 0 Å². The van der Waals surface area contributed by atoms with Crippen molar-refractivity contribution in [3.63, 3.8) is 0 Å². The van der Waals surface area contributed by atoms with Crippen LogP contribution in [0.25, 0.3) is 0 Å². The number of benzene rings is 1. The van der Waals surface area contributed by atoms with E-state index in [4.69, 9.17) is 0 Å². The molecule has 0 N–H and O–H groups in total. The molecule has 2 rings (SSSR count). The van der Waals surface area contributed by atoms with E-state index in [0.29, 0.717) is 12.3 Å². The maximum Gasteiger partial charge on any atom is 0.151 e. The SMILES string of the molecule is O=C1CN(I)CCC1Cc1cccc(Br)c1. The zero-order valence-corrected chi connectivity index (χ0v) is 12.6. The first-order chi connectivity index (χ1) is 7.65. The van der Waals surface area contributed by atoms with E-state index in [9.17, 15) is 4.79 Å². The van der Waals surface area contributed by atoms with Gasteiger partial charge in [-0.15, -0.1) is 0 Å². The van der Waals surface area contributed by atoms with Crippen LogP contribution in [0.15, 0.2) is 28.7 Å². The minimum atomic E-state index is 0.209. The van der Waals surface area contributed by atoms with Crippen molar-refractivity contribution in [1.29, 1.82) is 0 Å². The van der Waals surface area contributed by atoms with Crippen molar-refractivity contribution in [2.45, 2.75) is 12.8 Å². The van der Waals surface area contributed by atoms with Gasteiger partial charge in [-0.05, 0) is 30.5 Å². The summed E-state index contributed by atoms with van der Waals surface area (Å²) in [4.78, 5) is 11.8. The predicted molar refractivity (Wildman–Crippen MR) is 76.6 cm³/mol. The zero-order chi connectivity index (χ0) is 11.5. The van der Waals surface area contributed by atoms with Crippen LogP contribution in [0.3, 0.4) is 0 Å². The summed E-state index contributed by atoms with van der Waals surface area (Å²) in [5, 5.41) is 0. The highest BCUT2D eigenvalue weighted by Gasteiger charge is 2.25. The first-order valence-electron chi connectivity index (χ1n) is 5.33. The van der Waals surface area contributed by atoms with Gasteiger partial charge in [-0.1, -0.05) is 28.1 Å². The molecule has 0 spiro atoms. The molecule has 1 aromatic carbocycles. The van der Waals surface area contributed by atoms with E-state index in [2.05, 4.69) is 54.0 Å². The molecule has 1 aliphatic heterocycles. The number of nitrogens with zero attached hydrogens (tertiary/aromatic N) is 1. The molecule has 16 heavy (non-hydrogen) atoms. The highest BCUT2D eigenvalue weighted by molar-refractivity contribution is 14.1. The van der Waals surface area contributed by atoms with Crippen LogP contribution in [-0.2, 0) is 11.2 Å². The average Bonchev–Trinajstić information content (AvgIpc) is 2.22. The summed E-state index contributed by atoms with van der Waals surface area (Å²) in [5.41, 5.74) is 1.25. The Morgan fingerprint density at radius 1 is 1.50 bits per heavy atom. The van der Waals surface area contributed by atoms with Crippen LogP contribution >= 0.6 is 38.8 Å². The summed E-state index contributed by atoms with van der Waals surface area (Å²) < 4.78 is 3.15. The van der Waals surface area contributed by atoms with E-state index >= 15 is 0 Å². The third-order valence-electron chi connectivity index (χ3n) is 2.87. The van der Waals surface area contributed by atoms with Crippen LogP contribution in [0.2, 0.25) is 0 Å². The second kappa shape index (κ2) is 5.60. The lowest BCUT2D eigenvalue weighted by Gasteiger charge is -2.26. The van der Waals surface area contributed by atoms with Crippen molar-refractivity contribution in [2.75, 3.05) is 13.1 Å². The Hall–Kier alpha value is 0.0600. The van der Waals surface area contributed by atoms with Gasteiger partial charge in [-0.3, -0.25) is 4.79 Å². The lowest BCUT2D eigenvalue weighted by Crippen LogP contribution is -2.36. The number of carbonyl (C=O) groups excluding carboxylic acids is 1. The number of carbonyl (C=O) groups is 1. The molecule has 1 heterocycles. The minimum Gasteiger partial charge on any atom is -0.298 e. The van der Waals surface area contributed by atoms with Gasteiger partial charge >= 0.3 is 0 Å².